The third-order valence-electron chi connectivity index (χ3n) is 2.37. The number of hydrogen-bond acceptors (Lipinski definition) is 2. The first-order chi connectivity index (χ1) is 7.75. The van der Waals surface area contributed by atoms with E-state index in [2.05, 4.69) is 16.8 Å². The highest BCUT2D eigenvalue weighted by molar-refractivity contribution is 7.07. The van der Waals surface area contributed by atoms with E-state index in [1.54, 1.807) is 30.4 Å². The topological polar surface area (TPSA) is 9.23 Å². The Hall–Kier alpha value is -1.35. The highest BCUT2D eigenvalue weighted by Gasteiger charge is 2.00. The summed E-state index contributed by atoms with van der Waals surface area (Å²) >= 11 is 1.69. The van der Waals surface area contributed by atoms with E-state index in [-0.39, 0.29) is 5.82 Å². The van der Waals surface area contributed by atoms with Crippen LogP contribution in [0.4, 0.5) is 4.39 Å². The molecule has 0 spiro atoms. The van der Waals surface area contributed by atoms with Crippen molar-refractivity contribution in [2.45, 2.75) is 13.3 Å². The van der Waals surface area contributed by atoms with Crippen molar-refractivity contribution in [2.24, 2.45) is 0 Å². The van der Waals surface area contributed by atoms with Gasteiger partial charge in [-0.05, 0) is 53.1 Å². The van der Waals surface area contributed by atoms with E-state index in [9.17, 15) is 4.39 Å². The van der Waals surface area contributed by atoms with Gasteiger partial charge in [-0.15, -0.1) is 0 Å². The number of thiophene rings is 1. The minimum absolute atomic E-state index is 0.190. The molecule has 0 N–H and O–H groups in total. The van der Waals surface area contributed by atoms with Crippen molar-refractivity contribution in [1.82, 2.24) is 0 Å². The van der Waals surface area contributed by atoms with Gasteiger partial charge < -0.3 is 4.74 Å². The lowest BCUT2D eigenvalue weighted by atomic mass is 10.2. The smallest absolute Gasteiger partial charge is 0.126 e. The predicted octanol–water partition coefficient (Wildman–Crippen LogP) is 3.82. The minimum atomic E-state index is -0.190. The third-order valence-corrected chi connectivity index (χ3v) is 3.10. The van der Waals surface area contributed by atoms with Crippen LogP contribution in [0.25, 0.3) is 0 Å². The molecule has 1 aromatic heterocycles. The Kier molecular flexibility index (Phi) is 3.57. The fourth-order valence-corrected chi connectivity index (χ4v) is 2.13. The molecule has 0 saturated carbocycles. The molecule has 1 nitrogen and oxygen atoms in total. The maximum absolute atomic E-state index is 13.0. The average molecular weight is 236 g/mol. The van der Waals surface area contributed by atoms with Gasteiger partial charge in [0, 0.05) is 6.42 Å². The van der Waals surface area contributed by atoms with Crippen molar-refractivity contribution in [3.8, 4) is 5.75 Å². The van der Waals surface area contributed by atoms with Gasteiger partial charge in [-0.25, -0.2) is 4.39 Å². The minimum Gasteiger partial charge on any atom is -0.493 e. The molecule has 0 radical (unpaired) electrons. The summed E-state index contributed by atoms with van der Waals surface area (Å²) in [5.41, 5.74) is 1.90. The Morgan fingerprint density at radius 3 is 2.88 bits per heavy atom. The van der Waals surface area contributed by atoms with Crippen LogP contribution in [0.5, 0.6) is 5.75 Å². The summed E-state index contributed by atoms with van der Waals surface area (Å²) in [6.07, 6.45) is 0.889. The largest absolute Gasteiger partial charge is 0.493 e. The zero-order valence-electron chi connectivity index (χ0n) is 9.07. The van der Waals surface area contributed by atoms with Crippen LogP contribution in [-0.2, 0) is 6.42 Å². The highest BCUT2D eigenvalue weighted by Crippen LogP contribution is 2.16. The molecule has 0 fully saturated rings. The second kappa shape index (κ2) is 5.12. The highest BCUT2D eigenvalue weighted by atomic mass is 32.1. The van der Waals surface area contributed by atoms with Crippen LogP contribution in [0.3, 0.4) is 0 Å². The van der Waals surface area contributed by atoms with Gasteiger partial charge >= 0.3 is 0 Å². The molecule has 2 rings (SSSR count). The van der Waals surface area contributed by atoms with Crippen LogP contribution in [0.15, 0.2) is 35.0 Å². The molecular formula is C13H13FOS. The average Bonchev–Trinajstić information content (AvgIpc) is 2.76. The van der Waals surface area contributed by atoms with Crippen LogP contribution < -0.4 is 4.74 Å². The maximum Gasteiger partial charge on any atom is 0.126 e. The van der Waals surface area contributed by atoms with Crippen molar-refractivity contribution < 1.29 is 9.13 Å². The molecule has 3 heteroatoms. The van der Waals surface area contributed by atoms with Crippen molar-refractivity contribution >= 4 is 11.3 Å². The van der Waals surface area contributed by atoms with E-state index in [1.807, 2.05) is 0 Å². The summed E-state index contributed by atoms with van der Waals surface area (Å²) in [7, 11) is 0. The Bertz CT molecular complexity index is 451. The molecule has 0 bridgehead atoms. The third kappa shape index (κ3) is 2.83. The second-order valence-corrected chi connectivity index (χ2v) is 4.42. The van der Waals surface area contributed by atoms with Crippen LogP contribution >= 0.6 is 11.3 Å². The zero-order valence-corrected chi connectivity index (χ0v) is 9.89. The first-order valence-electron chi connectivity index (χ1n) is 5.16. The monoisotopic (exact) mass is 236 g/mol. The molecule has 1 aromatic carbocycles. The predicted molar refractivity (Wildman–Crippen MR) is 64.7 cm³/mol. The number of rotatable bonds is 4. The van der Waals surface area contributed by atoms with E-state index in [0.717, 1.165) is 12.2 Å². The molecular weight excluding hydrogens is 223 g/mol. The number of aryl methyl sites for hydroxylation is 1. The fourth-order valence-electron chi connectivity index (χ4n) is 1.43. The summed E-state index contributed by atoms with van der Waals surface area (Å²) in [5, 5.41) is 4.16. The van der Waals surface area contributed by atoms with Gasteiger partial charge in [0.2, 0.25) is 0 Å². The molecule has 0 aliphatic heterocycles. The Morgan fingerprint density at radius 2 is 2.19 bits per heavy atom. The van der Waals surface area contributed by atoms with E-state index in [0.29, 0.717) is 12.2 Å². The normalized spacial score (nSPS) is 10.4. The summed E-state index contributed by atoms with van der Waals surface area (Å²) in [5.74, 6) is 0.541. The van der Waals surface area contributed by atoms with Gasteiger partial charge in [0.25, 0.3) is 0 Å². The lowest BCUT2D eigenvalue weighted by Crippen LogP contribution is -2.00. The van der Waals surface area contributed by atoms with Crippen molar-refractivity contribution in [1.29, 1.82) is 0 Å². The van der Waals surface area contributed by atoms with Gasteiger partial charge in [0.05, 0.1) is 6.61 Å². The van der Waals surface area contributed by atoms with Gasteiger partial charge in [-0.3, -0.25) is 0 Å². The van der Waals surface area contributed by atoms with Gasteiger partial charge in [-0.1, -0.05) is 0 Å². The van der Waals surface area contributed by atoms with E-state index in [4.69, 9.17) is 4.74 Å². The molecule has 0 aliphatic carbocycles. The quantitative estimate of drug-likeness (QED) is 0.784. The van der Waals surface area contributed by atoms with Crippen LogP contribution in [-0.4, -0.2) is 6.61 Å². The molecule has 1 heterocycles. The molecule has 84 valence electrons. The molecule has 0 saturated heterocycles. The number of halogens is 1. The lowest BCUT2D eigenvalue weighted by molar-refractivity contribution is 0.321. The summed E-state index contributed by atoms with van der Waals surface area (Å²) in [6.45, 7) is 2.36. The van der Waals surface area contributed by atoms with Crippen LogP contribution in [0, 0.1) is 12.7 Å². The molecule has 0 unspecified atom stereocenters. The summed E-state index contributed by atoms with van der Waals surface area (Å²) < 4.78 is 18.5. The molecule has 0 amide bonds. The second-order valence-electron chi connectivity index (χ2n) is 3.64. The van der Waals surface area contributed by atoms with Gasteiger partial charge in [-0.2, -0.15) is 11.3 Å². The maximum atomic E-state index is 13.0. The number of benzene rings is 1. The molecule has 0 atom stereocenters. The summed E-state index contributed by atoms with van der Waals surface area (Å²) in [4.78, 5) is 0. The van der Waals surface area contributed by atoms with E-state index in [1.165, 1.54) is 11.6 Å². The Morgan fingerprint density at radius 1 is 1.31 bits per heavy atom. The van der Waals surface area contributed by atoms with Crippen LogP contribution in [0.1, 0.15) is 11.1 Å². The molecule has 16 heavy (non-hydrogen) atoms. The van der Waals surface area contributed by atoms with Crippen LogP contribution in [0.2, 0.25) is 0 Å². The van der Waals surface area contributed by atoms with E-state index >= 15 is 0 Å². The Labute approximate surface area is 98.5 Å². The number of ether oxygens (including phenoxy) is 1. The Balaban J connectivity index is 1.87. The SMILES string of the molecule is Cc1cc(OCCc2ccsc2)ccc1F. The fraction of sp³-hybridized carbons (Fsp3) is 0.231. The van der Waals surface area contributed by atoms with Crippen molar-refractivity contribution in [3.63, 3.8) is 0 Å². The first-order valence-corrected chi connectivity index (χ1v) is 6.10. The first kappa shape index (κ1) is 11.1. The van der Waals surface area contributed by atoms with Crippen molar-refractivity contribution in [3.05, 3.63) is 52.0 Å². The zero-order chi connectivity index (χ0) is 11.4. The lowest BCUT2D eigenvalue weighted by Gasteiger charge is -2.06. The molecule has 2 aromatic rings. The van der Waals surface area contributed by atoms with Gasteiger partial charge in [0.1, 0.15) is 11.6 Å². The molecule has 0 aliphatic rings. The van der Waals surface area contributed by atoms with Gasteiger partial charge in [0.15, 0.2) is 0 Å². The number of hydrogen-bond donors (Lipinski definition) is 0. The summed E-state index contributed by atoms with van der Waals surface area (Å²) in [6, 6.07) is 6.91. The standard InChI is InChI=1S/C13H13FOS/c1-10-8-12(2-3-13(10)14)15-6-4-11-5-7-16-9-11/h2-3,5,7-9H,4,6H2,1H3. The van der Waals surface area contributed by atoms with E-state index < -0.39 is 0 Å². The van der Waals surface area contributed by atoms with Crippen molar-refractivity contribution in [2.75, 3.05) is 6.61 Å².